The molecule has 1 unspecified atom stereocenters. The van der Waals surface area contributed by atoms with E-state index in [4.69, 9.17) is 0 Å². The Morgan fingerprint density at radius 2 is 1.86 bits per heavy atom. The van der Waals surface area contributed by atoms with Gasteiger partial charge in [-0.1, -0.05) is 54.6 Å². The molecule has 1 fully saturated rings. The van der Waals surface area contributed by atoms with Gasteiger partial charge in [-0.2, -0.15) is 0 Å². The van der Waals surface area contributed by atoms with Gasteiger partial charge in [0.1, 0.15) is 5.82 Å². The number of rotatable bonds is 4. The van der Waals surface area contributed by atoms with Crippen molar-refractivity contribution in [2.45, 2.75) is 12.6 Å². The number of hydrogen-bond acceptors (Lipinski definition) is 2. The standard InChI is InChI=1S/C19H21FN2/c20-18-9-6-16(7-10-18)8-11-19-15-22(13-12-21-19)14-17-4-2-1-3-5-17/h1-11,19,21H,12-15H2. The van der Waals surface area contributed by atoms with Crippen LogP contribution in [0.5, 0.6) is 0 Å². The van der Waals surface area contributed by atoms with Crippen LogP contribution in [0.15, 0.2) is 60.7 Å². The van der Waals surface area contributed by atoms with Crippen LogP contribution in [-0.4, -0.2) is 30.6 Å². The number of nitrogens with zero attached hydrogens (tertiary/aromatic N) is 1. The second-order valence-corrected chi connectivity index (χ2v) is 5.69. The minimum absolute atomic E-state index is 0.193. The monoisotopic (exact) mass is 296 g/mol. The highest BCUT2D eigenvalue weighted by Gasteiger charge is 2.16. The summed E-state index contributed by atoms with van der Waals surface area (Å²) >= 11 is 0. The van der Waals surface area contributed by atoms with Gasteiger partial charge in [0.2, 0.25) is 0 Å². The van der Waals surface area contributed by atoms with Crippen LogP contribution >= 0.6 is 0 Å². The van der Waals surface area contributed by atoms with Crippen LogP contribution < -0.4 is 5.32 Å². The van der Waals surface area contributed by atoms with Gasteiger partial charge in [0.25, 0.3) is 0 Å². The van der Waals surface area contributed by atoms with Crippen LogP contribution in [0.25, 0.3) is 6.08 Å². The summed E-state index contributed by atoms with van der Waals surface area (Å²) in [7, 11) is 0. The van der Waals surface area contributed by atoms with E-state index in [1.807, 2.05) is 0 Å². The molecule has 114 valence electrons. The van der Waals surface area contributed by atoms with Crippen LogP contribution in [0.2, 0.25) is 0 Å². The van der Waals surface area contributed by atoms with E-state index in [1.54, 1.807) is 12.1 Å². The van der Waals surface area contributed by atoms with Crippen molar-refractivity contribution in [2.24, 2.45) is 0 Å². The highest BCUT2D eigenvalue weighted by Crippen LogP contribution is 2.10. The minimum Gasteiger partial charge on any atom is -0.308 e. The van der Waals surface area contributed by atoms with Crippen molar-refractivity contribution in [1.29, 1.82) is 0 Å². The summed E-state index contributed by atoms with van der Waals surface area (Å²) in [4.78, 5) is 2.46. The van der Waals surface area contributed by atoms with Gasteiger partial charge in [-0.05, 0) is 23.3 Å². The Kier molecular flexibility index (Phi) is 4.99. The molecule has 0 spiro atoms. The van der Waals surface area contributed by atoms with Crippen molar-refractivity contribution in [3.05, 3.63) is 77.6 Å². The lowest BCUT2D eigenvalue weighted by Gasteiger charge is -2.32. The lowest BCUT2D eigenvalue weighted by Crippen LogP contribution is -2.49. The topological polar surface area (TPSA) is 15.3 Å². The van der Waals surface area contributed by atoms with Gasteiger partial charge in [0, 0.05) is 32.2 Å². The van der Waals surface area contributed by atoms with Gasteiger partial charge in [-0.15, -0.1) is 0 Å². The Balaban J connectivity index is 1.57. The second kappa shape index (κ2) is 7.34. The summed E-state index contributed by atoms with van der Waals surface area (Å²) in [6.45, 7) is 4.04. The molecule has 2 aromatic carbocycles. The van der Waals surface area contributed by atoms with Crippen molar-refractivity contribution >= 4 is 6.08 Å². The van der Waals surface area contributed by atoms with Crippen LogP contribution in [0.3, 0.4) is 0 Å². The fraction of sp³-hybridized carbons (Fsp3) is 0.263. The molecule has 0 aromatic heterocycles. The lowest BCUT2D eigenvalue weighted by atomic mass is 10.1. The first kappa shape index (κ1) is 14.9. The number of halogens is 1. The zero-order valence-corrected chi connectivity index (χ0v) is 12.6. The first-order valence-corrected chi connectivity index (χ1v) is 7.73. The van der Waals surface area contributed by atoms with E-state index in [2.05, 4.69) is 52.7 Å². The predicted octanol–water partition coefficient (Wildman–Crippen LogP) is 3.31. The smallest absolute Gasteiger partial charge is 0.123 e. The van der Waals surface area contributed by atoms with Crippen molar-refractivity contribution in [3.63, 3.8) is 0 Å². The van der Waals surface area contributed by atoms with Crippen LogP contribution in [0, 0.1) is 5.82 Å². The molecule has 2 nitrogen and oxygen atoms in total. The normalized spacial score (nSPS) is 19.6. The summed E-state index contributed by atoms with van der Waals surface area (Å²) in [5.41, 5.74) is 2.38. The molecule has 0 radical (unpaired) electrons. The van der Waals surface area contributed by atoms with E-state index in [0.717, 1.165) is 31.7 Å². The predicted molar refractivity (Wildman–Crippen MR) is 88.9 cm³/mol. The van der Waals surface area contributed by atoms with Gasteiger partial charge >= 0.3 is 0 Å². The average molecular weight is 296 g/mol. The van der Waals surface area contributed by atoms with Gasteiger partial charge in [-0.3, -0.25) is 4.90 Å². The SMILES string of the molecule is Fc1ccc(C=CC2CN(Cc3ccccc3)CCN2)cc1. The molecular weight excluding hydrogens is 275 g/mol. The third-order valence-electron chi connectivity index (χ3n) is 3.93. The molecule has 2 aromatic rings. The summed E-state index contributed by atoms with van der Waals surface area (Å²) in [5.74, 6) is -0.193. The quantitative estimate of drug-likeness (QED) is 0.931. The molecule has 22 heavy (non-hydrogen) atoms. The Bertz CT molecular complexity index is 607. The zero-order chi connectivity index (χ0) is 15.2. The molecule has 1 atom stereocenters. The fourth-order valence-electron chi connectivity index (χ4n) is 2.76. The number of benzene rings is 2. The van der Waals surface area contributed by atoms with Gasteiger partial charge in [0.05, 0.1) is 0 Å². The average Bonchev–Trinajstić information content (AvgIpc) is 2.56. The molecule has 1 aliphatic heterocycles. The molecule has 1 saturated heterocycles. The van der Waals surface area contributed by atoms with Crippen molar-refractivity contribution in [1.82, 2.24) is 10.2 Å². The van der Waals surface area contributed by atoms with E-state index in [-0.39, 0.29) is 5.82 Å². The first-order chi connectivity index (χ1) is 10.8. The highest BCUT2D eigenvalue weighted by atomic mass is 19.1. The maximum atomic E-state index is 12.9. The summed E-state index contributed by atoms with van der Waals surface area (Å²) in [5, 5.41) is 3.51. The van der Waals surface area contributed by atoms with E-state index in [9.17, 15) is 4.39 Å². The summed E-state index contributed by atoms with van der Waals surface area (Å²) in [6, 6.07) is 17.5. The van der Waals surface area contributed by atoms with Crippen molar-refractivity contribution < 1.29 is 4.39 Å². The van der Waals surface area contributed by atoms with Gasteiger partial charge < -0.3 is 5.32 Å². The molecule has 0 bridgehead atoms. The molecule has 1 aliphatic rings. The molecule has 3 heteroatoms. The first-order valence-electron chi connectivity index (χ1n) is 7.73. The second-order valence-electron chi connectivity index (χ2n) is 5.69. The van der Waals surface area contributed by atoms with E-state index in [1.165, 1.54) is 17.7 Å². The van der Waals surface area contributed by atoms with E-state index in [0.29, 0.717) is 6.04 Å². The van der Waals surface area contributed by atoms with Crippen LogP contribution in [0.1, 0.15) is 11.1 Å². The zero-order valence-electron chi connectivity index (χ0n) is 12.6. The van der Waals surface area contributed by atoms with Crippen LogP contribution in [0.4, 0.5) is 4.39 Å². The maximum Gasteiger partial charge on any atom is 0.123 e. The Morgan fingerprint density at radius 1 is 1.09 bits per heavy atom. The molecule has 1 N–H and O–H groups in total. The van der Waals surface area contributed by atoms with Gasteiger partial charge in [-0.25, -0.2) is 4.39 Å². The largest absolute Gasteiger partial charge is 0.308 e. The van der Waals surface area contributed by atoms with Crippen molar-refractivity contribution in [3.8, 4) is 0 Å². The Hall–Kier alpha value is -1.97. The van der Waals surface area contributed by atoms with E-state index < -0.39 is 0 Å². The van der Waals surface area contributed by atoms with Crippen LogP contribution in [-0.2, 0) is 6.54 Å². The lowest BCUT2D eigenvalue weighted by molar-refractivity contribution is 0.210. The Labute approximate surface area is 131 Å². The summed E-state index contributed by atoms with van der Waals surface area (Å²) in [6.07, 6.45) is 4.23. The molecule has 1 heterocycles. The number of hydrogen-bond donors (Lipinski definition) is 1. The molecule has 0 saturated carbocycles. The van der Waals surface area contributed by atoms with Gasteiger partial charge in [0.15, 0.2) is 0 Å². The number of nitrogens with one attached hydrogen (secondary N) is 1. The van der Waals surface area contributed by atoms with E-state index >= 15 is 0 Å². The highest BCUT2D eigenvalue weighted by molar-refractivity contribution is 5.49. The third-order valence-corrected chi connectivity index (χ3v) is 3.93. The third kappa shape index (κ3) is 4.26. The Morgan fingerprint density at radius 3 is 2.64 bits per heavy atom. The maximum absolute atomic E-state index is 12.9. The molecule has 0 amide bonds. The summed E-state index contributed by atoms with van der Waals surface area (Å²) < 4.78 is 12.9. The molecular formula is C19H21FN2. The van der Waals surface area contributed by atoms with Crippen molar-refractivity contribution in [2.75, 3.05) is 19.6 Å². The molecule has 0 aliphatic carbocycles. The minimum atomic E-state index is -0.193. The fourth-order valence-corrected chi connectivity index (χ4v) is 2.76. The number of piperazine rings is 1. The molecule has 3 rings (SSSR count).